The van der Waals surface area contributed by atoms with Crippen LogP contribution in [0.2, 0.25) is 9.36 Å². The number of nitrogens with zero attached hydrogens (tertiary/aromatic N) is 2. The van der Waals surface area contributed by atoms with Crippen LogP contribution in [-0.2, 0) is 13.0 Å². The quantitative estimate of drug-likeness (QED) is 0.592. The lowest BCUT2D eigenvalue weighted by Crippen LogP contribution is -2.04. The van der Waals surface area contributed by atoms with E-state index in [1.165, 1.54) is 4.88 Å². The van der Waals surface area contributed by atoms with Gasteiger partial charge in [0.05, 0.1) is 21.4 Å². The molecular weight excluding hydrogens is 335 g/mol. The van der Waals surface area contributed by atoms with Gasteiger partial charge in [-0.1, -0.05) is 29.3 Å². The predicted molar refractivity (Wildman–Crippen MR) is 87.6 cm³/mol. The topological polar surface area (TPSA) is 17.8 Å². The van der Waals surface area contributed by atoms with E-state index in [1.54, 1.807) is 11.3 Å². The second-order valence-electron chi connectivity index (χ2n) is 4.37. The number of hydrogen-bond donors (Lipinski definition) is 0. The summed E-state index contributed by atoms with van der Waals surface area (Å²) < 4.78 is 2.95. The Balaban J connectivity index is 2.11. The van der Waals surface area contributed by atoms with E-state index < -0.39 is 0 Å². The molecule has 0 N–H and O–H groups in total. The third-order valence-corrected chi connectivity index (χ3v) is 4.78. The standard InChI is InChI=1S/C14H11Cl3N2S/c15-7-6-13-18-14-10(16)2-1-3-11(14)19(13)8-9-4-5-12(17)20-9/h1-5H,6-8H2. The van der Waals surface area contributed by atoms with E-state index in [0.29, 0.717) is 17.3 Å². The minimum Gasteiger partial charge on any atom is -0.323 e. The maximum absolute atomic E-state index is 6.22. The van der Waals surface area contributed by atoms with Crippen molar-refractivity contribution >= 4 is 57.2 Å². The first-order chi connectivity index (χ1) is 9.69. The van der Waals surface area contributed by atoms with Crippen LogP contribution < -0.4 is 0 Å². The number of fused-ring (bicyclic) bond motifs is 1. The Morgan fingerprint density at radius 1 is 1.15 bits per heavy atom. The molecule has 0 atom stereocenters. The zero-order valence-electron chi connectivity index (χ0n) is 10.4. The molecule has 0 aliphatic carbocycles. The van der Waals surface area contributed by atoms with Crippen LogP contribution >= 0.6 is 46.1 Å². The minimum atomic E-state index is 0.534. The number of benzene rings is 1. The molecule has 0 aliphatic heterocycles. The molecule has 0 bridgehead atoms. The SMILES string of the molecule is ClCCc1nc2c(Cl)cccc2n1Cc1ccc(Cl)s1. The first-order valence-electron chi connectivity index (χ1n) is 6.13. The number of para-hydroxylation sites is 1. The molecule has 2 aromatic heterocycles. The molecule has 0 saturated carbocycles. The molecule has 2 nitrogen and oxygen atoms in total. The van der Waals surface area contributed by atoms with Crippen LogP contribution in [-0.4, -0.2) is 15.4 Å². The highest BCUT2D eigenvalue weighted by Gasteiger charge is 2.13. The van der Waals surface area contributed by atoms with E-state index in [9.17, 15) is 0 Å². The molecule has 104 valence electrons. The molecule has 0 aliphatic rings. The lowest BCUT2D eigenvalue weighted by atomic mass is 10.3. The normalized spacial score (nSPS) is 11.3. The number of aryl methyl sites for hydroxylation is 1. The van der Waals surface area contributed by atoms with E-state index in [2.05, 4.69) is 9.55 Å². The third-order valence-electron chi connectivity index (χ3n) is 3.07. The summed E-state index contributed by atoms with van der Waals surface area (Å²) in [5, 5.41) is 0.668. The second-order valence-corrected chi connectivity index (χ2v) is 6.95. The maximum Gasteiger partial charge on any atom is 0.111 e. The minimum absolute atomic E-state index is 0.534. The molecule has 6 heteroatoms. The molecule has 3 aromatic rings. The lowest BCUT2D eigenvalue weighted by Gasteiger charge is -2.06. The van der Waals surface area contributed by atoms with Crippen molar-refractivity contribution in [1.29, 1.82) is 0 Å². The fourth-order valence-electron chi connectivity index (χ4n) is 2.21. The number of aromatic nitrogens is 2. The second kappa shape index (κ2) is 5.94. The Morgan fingerprint density at radius 2 is 2.00 bits per heavy atom. The average molecular weight is 346 g/mol. The van der Waals surface area contributed by atoms with Crippen LogP contribution in [0.3, 0.4) is 0 Å². The Kier molecular flexibility index (Phi) is 4.22. The zero-order valence-corrected chi connectivity index (χ0v) is 13.5. The van der Waals surface area contributed by atoms with Gasteiger partial charge in [0.15, 0.2) is 0 Å². The van der Waals surface area contributed by atoms with Crippen LogP contribution in [0.5, 0.6) is 0 Å². The van der Waals surface area contributed by atoms with Crippen molar-refractivity contribution in [3.8, 4) is 0 Å². The number of halogens is 3. The molecular formula is C14H11Cl3N2S. The van der Waals surface area contributed by atoms with E-state index in [1.807, 2.05) is 30.3 Å². The molecule has 0 fully saturated rings. The van der Waals surface area contributed by atoms with Gasteiger partial charge in [-0.05, 0) is 24.3 Å². The van der Waals surface area contributed by atoms with Crippen LogP contribution in [0.1, 0.15) is 10.7 Å². The van der Waals surface area contributed by atoms with Gasteiger partial charge in [-0.3, -0.25) is 0 Å². The van der Waals surface area contributed by atoms with E-state index in [-0.39, 0.29) is 0 Å². The summed E-state index contributed by atoms with van der Waals surface area (Å²) in [6.07, 6.45) is 0.714. The summed E-state index contributed by atoms with van der Waals surface area (Å²) in [6, 6.07) is 9.77. The number of hydrogen-bond acceptors (Lipinski definition) is 2. The Morgan fingerprint density at radius 3 is 2.70 bits per heavy atom. The monoisotopic (exact) mass is 344 g/mol. The van der Waals surface area contributed by atoms with E-state index in [0.717, 1.165) is 27.7 Å². The Labute approximate surface area is 135 Å². The number of imidazole rings is 1. The molecule has 3 rings (SSSR count). The van der Waals surface area contributed by atoms with Gasteiger partial charge >= 0.3 is 0 Å². The van der Waals surface area contributed by atoms with Crippen LogP contribution in [0, 0.1) is 0 Å². The Bertz CT molecular complexity index is 748. The van der Waals surface area contributed by atoms with Gasteiger partial charge in [0.2, 0.25) is 0 Å². The fourth-order valence-corrected chi connectivity index (χ4v) is 3.66. The Hall–Kier alpha value is -0.740. The van der Waals surface area contributed by atoms with Crippen molar-refractivity contribution in [1.82, 2.24) is 9.55 Å². The van der Waals surface area contributed by atoms with Gasteiger partial charge in [-0.15, -0.1) is 22.9 Å². The van der Waals surface area contributed by atoms with Crippen molar-refractivity contribution in [2.75, 3.05) is 5.88 Å². The highest BCUT2D eigenvalue weighted by Crippen LogP contribution is 2.28. The highest BCUT2D eigenvalue weighted by atomic mass is 35.5. The first kappa shape index (κ1) is 14.2. The highest BCUT2D eigenvalue weighted by molar-refractivity contribution is 7.16. The summed E-state index contributed by atoms with van der Waals surface area (Å²) in [7, 11) is 0. The van der Waals surface area contributed by atoms with Crippen molar-refractivity contribution < 1.29 is 0 Å². The number of alkyl halides is 1. The van der Waals surface area contributed by atoms with Crippen LogP contribution in [0.25, 0.3) is 11.0 Å². The largest absolute Gasteiger partial charge is 0.323 e. The summed E-state index contributed by atoms with van der Waals surface area (Å²) in [5.41, 5.74) is 1.86. The maximum atomic E-state index is 6.22. The molecule has 20 heavy (non-hydrogen) atoms. The molecule has 1 aromatic carbocycles. The van der Waals surface area contributed by atoms with E-state index in [4.69, 9.17) is 34.8 Å². The summed E-state index contributed by atoms with van der Waals surface area (Å²) in [6.45, 7) is 0.737. The van der Waals surface area contributed by atoms with Crippen LogP contribution in [0.15, 0.2) is 30.3 Å². The van der Waals surface area contributed by atoms with Gasteiger partial charge in [-0.25, -0.2) is 4.98 Å². The fraction of sp³-hybridized carbons (Fsp3) is 0.214. The summed E-state index contributed by atoms with van der Waals surface area (Å²) in [4.78, 5) is 5.81. The van der Waals surface area contributed by atoms with Crippen molar-refractivity contribution in [3.63, 3.8) is 0 Å². The van der Waals surface area contributed by atoms with Crippen molar-refractivity contribution in [2.45, 2.75) is 13.0 Å². The van der Waals surface area contributed by atoms with Gasteiger partial charge in [0, 0.05) is 17.2 Å². The van der Waals surface area contributed by atoms with Crippen molar-refractivity contribution in [3.05, 3.63) is 50.4 Å². The molecule has 2 heterocycles. The summed E-state index contributed by atoms with van der Waals surface area (Å²) in [5.74, 6) is 1.49. The predicted octanol–water partition coefficient (Wildman–Crippen LogP) is 5.23. The molecule has 0 radical (unpaired) electrons. The van der Waals surface area contributed by atoms with Crippen molar-refractivity contribution in [2.24, 2.45) is 0 Å². The molecule has 0 saturated heterocycles. The molecule has 0 unspecified atom stereocenters. The average Bonchev–Trinajstić information content (AvgIpc) is 2.97. The number of thiophene rings is 1. The zero-order chi connectivity index (χ0) is 14.1. The summed E-state index contributed by atoms with van der Waals surface area (Å²) >= 11 is 19.7. The molecule has 0 amide bonds. The van der Waals surface area contributed by atoms with Crippen LogP contribution in [0.4, 0.5) is 0 Å². The van der Waals surface area contributed by atoms with E-state index >= 15 is 0 Å². The smallest absolute Gasteiger partial charge is 0.111 e. The number of rotatable bonds is 4. The van der Waals surface area contributed by atoms with Gasteiger partial charge in [0.25, 0.3) is 0 Å². The van der Waals surface area contributed by atoms with Gasteiger partial charge in [-0.2, -0.15) is 0 Å². The lowest BCUT2D eigenvalue weighted by molar-refractivity contribution is 0.763. The molecule has 0 spiro atoms. The van der Waals surface area contributed by atoms with Gasteiger partial charge < -0.3 is 4.57 Å². The third kappa shape index (κ3) is 2.68. The first-order valence-corrected chi connectivity index (χ1v) is 8.23. The van der Waals surface area contributed by atoms with Gasteiger partial charge in [0.1, 0.15) is 11.3 Å².